The van der Waals surface area contributed by atoms with Crippen molar-refractivity contribution in [3.8, 4) is 17.2 Å². The molecular weight excluding hydrogens is 636 g/mol. The summed E-state index contributed by atoms with van der Waals surface area (Å²) in [5.41, 5.74) is 2.54. The van der Waals surface area contributed by atoms with Gasteiger partial charge in [0, 0.05) is 43.4 Å². The molecule has 0 radical (unpaired) electrons. The van der Waals surface area contributed by atoms with E-state index >= 15 is 0 Å². The monoisotopic (exact) mass is 676 g/mol. The molecule has 0 fully saturated rings. The van der Waals surface area contributed by atoms with E-state index in [4.69, 9.17) is 15.2 Å². The topological polar surface area (TPSA) is 203 Å². The fraction of sp³-hybridized carbons (Fsp3) is 0.371. The van der Waals surface area contributed by atoms with Gasteiger partial charge in [-0.1, -0.05) is 6.08 Å². The lowest BCUT2D eigenvalue weighted by molar-refractivity contribution is -0.148. The van der Waals surface area contributed by atoms with Gasteiger partial charge in [0.05, 0.1) is 25.3 Å². The number of aliphatic hydroxyl groups excluding tert-OH is 2. The van der Waals surface area contributed by atoms with Crippen molar-refractivity contribution in [1.29, 1.82) is 0 Å². The number of rotatable bonds is 9. The number of ether oxygens (including phenoxy) is 2. The van der Waals surface area contributed by atoms with Crippen molar-refractivity contribution in [3.63, 3.8) is 0 Å². The molecule has 0 saturated heterocycles. The van der Waals surface area contributed by atoms with E-state index < -0.39 is 69.9 Å². The summed E-state index contributed by atoms with van der Waals surface area (Å²) in [5.74, 6) is -6.55. The quantitative estimate of drug-likeness (QED) is 0.192. The van der Waals surface area contributed by atoms with Gasteiger partial charge in [-0.05, 0) is 68.8 Å². The molecule has 14 heteroatoms. The second kappa shape index (κ2) is 12.9. The van der Waals surface area contributed by atoms with Crippen molar-refractivity contribution < 1.29 is 49.1 Å². The van der Waals surface area contributed by atoms with Crippen LogP contribution in [-0.4, -0.2) is 107 Å². The first-order valence-electron chi connectivity index (χ1n) is 15.5. The number of aliphatic hydroxyl groups is 3. The Hall–Kier alpha value is -5.34. The van der Waals surface area contributed by atoms with E-state index in [2.05, 4.69) is 6.58 Å². The summed E-state index contributed by atoms with van der Waals surface area (Å²) in [7, 11) is 8.14. The Kier molecular flexibility index (Phi) is 9.23. The smallest absolute Gasteiger partial charge is 0.415 e. The molecule has 4 atom stereocenters. The number of nitrogens with two attached hydrogens (primary N) is 1. The summed E-state index contributed by atoms with van der Waals surface area (Å²) in [6, 6.07) is 6.93. The van der Waals surface area contributed by atoms with Gasteiger partial charge in [0.15, 0.2) is 11.4 Å². The van der Waals surface area contributed by atoms with E-state index in [1.54, 1.807) is 63.4 Å². The largest absolute Gasteiger partial charge is 0.510 e. The van der Waals surface area contributed by atoms with Crippen LogP contribution in [0.15, 0.2) is 65.7 Å². The van der Waals surface area contributed by atoms with E-state index in [0.717, 1.165) is 0 Å². The number of aromatic hydroxyl groups is 1. The highest BCUT2D eigenvalue weighted by Crippen LogP contribution is 2.53. The zero-order valence-corrected chi connectivity index (χ0v) is 27.9. The molecule has 2 amide bonds. The van der Waals surface area contributed by atoms with Gasteiger partial charge >= 0.3 is 6.09 Å². The van der Waals surface area contributed by atoms with Crippen LogP contribution in [0.25, 0.3) is 0 Å². The first-order valence-corrected chi connectivity index (χ1v) is 15.5. The molecule has 0 heterocycles. The van der Waals surface area contributed by atoms with Crippen LogP contribution in [0.4, 0.5) is 10.5 Å². The molecule has 0 bridgehead atoms. The van der Waals surface area contributed by atoms with Crippen molar-refractivity contribution in [1.82, 2.24) is 9.80 Å². The Balaban J connectivity index is 1.59. The molecule has 0 spiro atoms. The van der Waals surface area contributed by atoms with Gasteiger partial charge in [-0.2, -0.15) is 0 Å². The molecule has 0 saturated carbocycles. The molecule has 5 rings (SSSR count). The normalized spacial score (nSPS) is 23.0. The third-order valence-electron chi connectivity index (χ3n) is 9.49. The number of hydrogen-bond acceptors (Lipinski definition) is 12. The predicted molar refractivity (Wildman–Crippen MR) is 178 cm³/mol. The van der Waals surface area contributed by atoms with E-state index in [1.165, 1.54) is 23.0 Å². The summed E-state index contributed by atoms with van der Waals surface area (Å²) in [4.78, 5) is 58.0. The van der Waals surface area contributed by atoms with Crippen LogP contribution >= 0.6 is 0 Å². The minimum Gasteiger partial charge on any atom is -0.510 e. The van der Waals surface area contributed by atoms with Crippen molar-refractivity contribution >= 4 is 29.3 Å². The third kappa shape index (κ3) is 5.66. The summed E-state index contributed by atoms with van der Waals surface area (Å²) in [6.45, 7) is 3.53. The van der Waals surface area contributed by atoms with Crippen LogP contribution in [-0.2, 0) is 22.6 Å². The van der Waals surface area contributed by atoms with Gasteiger partial charge in [0.2, 0.25) is 5.78 Å². The molecule has 6 N–H and O–H groups in total. The number of ketones is 2. The lowest BCUT2D eigenvalue weighted by Crippen LogP contribution is -2.63. The van der Waals surface area contributed by atoms with Crippen LogP contribution in [0.3, 0.4) is 0 Å². The standard InChI is InChI=1S/C35H40N4O10/c1-7-12-39(34(46)49-20-10-8-19(48-6)9-11-20)16-18-15-23(37(2)3)21-13-17-14-22-27(38(4)5)30(42)26(33(36)45)32(44)35(22,47)31(43)24(17)29(41)25(21)28(18)40/h7-11,15,17,22,27,40,42-43,47H,1,12-14,16H2,2-6H3,(H2,36,45)/t17-,22-,27-,35-/m0/s1. The summed E-state index contributed by atoms with van der Waals surface area (Å²) in [5, 5.41) is 46.2. The zero-order valence-electron chi connectivity index (χ0n) is 27.9. The van der Waals surface area contributed by atoms with Gasteiger partial charge in [0.25, 0.3) is 5.91 Å². The third-order valence-corrected chi connectivity index (χ3v) is 9.49. The van der Waals surface area contributed by atoms with Gasteiger partial charge in [-0.15, -0.1) is 6.58 Å². The molecule has 49 heavy (non-hydrogen) atoms. The van der Waals surface area contributed by atoms with Gasteiger partial charge in [-0.3, -0.25) is 24.2 Å². The van der Waals surface area contributed by atoms with Crippen LogP contribution in [0.5, 0.6) is 17.2 Å². The van der Waals surface area contributed by atoms with Crippen molar-refractivity contribution in [2.45, 2.75) is 31.0 Å². The Morgan fingerprint density at radius 1 is 1.08 bits per heavy atom. The molecule has 0 unspecified atom stereocenters. The highest BCUT2D eigenvalue weighted by atomic mass is 16.6. The van der Waals surface area contributed by atoms with Crippen LogP contribution < -0.4 is 20.1 Å². The van der Waals surface area contributed by atoms with E-state index in [9.17, 15) is 39.6 Å². The number of phenolic OH excluding ortho intramolecular Hbond substituents is 1. The fourth-order valence-electron chi connectivity index (χ4n) is 7.25. The van der Waals surface area contributed by atoms with Gasteiger partial charge < -0.3 is 40.5 Å². The minimum absolute atomic E-state index is 0.0247. The number of anilines is 1. The average molecular weight is 677 g/mol. The minimum atomic E-state index is -2.76. The maximum absolute atomic E-state index is 14.4. The van der Waals surface area contributed by atoms with Crippen LogP contribution in [0.1, 0.15) is 27.9 Å². The lowest BCUT2D eigenvalue weighted by atomic mass is 9.58. The van der Waals surface area contributed by atoms with E-state index in [1.807, 2.05) is 0 Å². The summed E-state index contributed by atoms with van der Waals surface area (Å²) >= 11 is 0. The second-order valence-electron chi connectivity index (χ2n) is 12.8. The van der Waals surface area contributed by atoms with Crippen molar-refractivity contribution in [2.75, 3.05) is 46.7 Å². The average Bonchev–Trinajstić information content (AvgIpc) is 3.03. The molecule has 2 aromatic carbocycles. The fourth-order valence-corrected chi connectivity index (χ4v) is 7.25. The Morgan fingerprint density at radius 2 is 1.71 bits per heavy atom. The number of nitrogens with zero attached hydrogens (tertiary/aromatic N) is 3. The second-order valence-corrected chi connectivity index (χ2v) is 12.8. The van der Waals surface area contributed by atoms with E-state index in [0.29, 0.717) is 17.0 Å². The maximum Gasteiger partial charge on any atom is 0.415 e. The summed E-state index contributed by atoms with van der Waals surface area (Å²) in [6.07, 6.45) is 0.801. The first-order chi connectivity index (χ1) is 23.1. The van der Waals surface area contributed by atoms with Crippen molar-refractivity contribution in [2.24, 2.45) is 17.6 Å². The molecule has 260 valence electrons. The Morgan fingerprint density at radius 3 is 2.27 bits per heavy atom. The van der Waals surface area contributed by atoms with Gasteiger partial charge in [0.1, 0.15) is 34.3 Å². The molecule has 3 aliphatic rings. The molecular formula is C35H40N4O10. The van der Waals surface area contributed by atoms with Gasteiger partial charge in [-0.25, -0.2) is 4.79 Å². The highest BCUT2D eigenvalue weighted by Gasteiger charge is 2.63. The van der Waals surface area contributed by atoms with Crippen LogP contribution in [0.2, 0.25) is 0 Å². The Bertz CT molecular complexity index is 1810. The molecule has 0 aromatic heterocycles. The number of carbonyl (C=O) groups excluding carboxylic acids is 4. The summed E-state index contributed by atoms with van der Waals surface area (Å²) < 4.78 is 10.7. The number of benzene rings is 2. The Labute approximate surface area is 282 Å². The number of primary amides is 1. The predicted octanol–water partition coefficient (Wildman–Crippen LogP) is 2.38. The lowest BCUT2D eigenvalue weighted by Gasteiger charge is -2.50. The highest BCUT2D eigenvalue weighted by molar-refractivity contribution is 6.25. The van der Waals surface area contributed by atoms with Crippen LogP contribution in [0, 0.1) is 11.8 Å². The number of amides is 2. The number of allylic oxidation sites excluding steroid dienone is 1. The number of methoxy groups -OCH3 is 1. The van der Waals surface area contributed by atoms with E-state index in [-0.39, 0.29) is 48.4 Å². The zero-order chi connectivity index (χ0) is 36.1. The maximum atomic E-state index is 14.4. The molecule has 2 aromatic rings. The molecule has 3 aliphatic carbocycles. The number of likely N-dealkylation sites (N-methyl/N-ethyl adjacent to an activating group) is 1. The number of phenols is 1. The SMILES string of the molecule is C=CCN(Cc1cc(N(C)C)c2c(c1O)C(=O)C1=C(O)[C@]3(O)C(=O)C(C(N)=O)=C(O)[C@@H](N(C)C)[C@@H]3C[C@@H]1C2)C(=O)Oc1ccc(OC)cc1. The number of carbonyl (C=O) groups is 4. The molecule has 14 nitrogen and oxygen atoms in total. The van der Waals surface area contributed by atoms with Crippen molar-refractivity contribution in [3.05, 3.63) is 82.3 Å². The molecule has 0 aliphatic heterocycles. The number of fused-ring (bicyclic) bond motifs is 3. The number of hydrogen-bond donors (Lipinski definition) is 5. The number of Topliss-reactive ketones (excluding diaryl/α,β-unsaturated/α-hetero) is 2. The first kappa shape index (κ1) is 35.0.